The lowest BCUT2D eigenvalue weighted by atomic mass is 9.84. The van der Waals surface area contributed by atoms with Crippen LogP contribution in [0, 0.1) is 0 Å². The van der Waals surface area contributed by atoms with Gasteiger partial charge in [0.15, 0.2) is 0 Å². The minimum Gasteiger partial charge on any atom is -0.389 e. The van der Waals surface area contributed by atoms with Crippen LogP contribution in [0.15, 0.2) is 30.3 Å². The molecule has 0 amide bonds. The fourth-order valence-corrected chi connectivity index (χ4v) is 2.81. The Labute approximate surface area is 110 Å². The van der Waals surface area contributed by atoms with Gasteiger partial charge in [-0.25, -0.2) is 0 Å². The van der Waals surface area contributed by atoms with Crippen molar-refractivity contribution in [3.05, 3.63) is 35.9 Å². The van der Waals surface area contributed by atoms with Crippen LogP contribution in [-0.4, -0.2) is 23.8 Å². The van der Waals surface area contributed by atoms with Crippen LogP contribution in [0.1, 0.15) is 45.1 Å². The Morgan fingerprint density at radius 1 is 1.17 bits per heavy atom. The molecular weight excluding hydrogens is 222 g/mol. The quantitative estimate of drug-likeness (QED) is 0.838. The molecule has 1 aromatic carbocycles. The first-order valence-electron chi connectivity index (χ1n) is 7.01. The average molecular weight is 247 g/mol. The maximum absolute atomic E-state index is 10.3. The van der Waals surface area contributed by atoms with Crippen LogP contribution in [-0.2, 0) is 5.41 Å². The molecule has 2 rings (SSSR count). The summed E-state index contributed by atoms with van der Waals surface area (Å²) in [5.41, 5.74) is 0.999. The molecule has 1 aliphatic rings. The van der Waals surface area contributed by atoms with E-state index in [2.05, 4.69) is 43.4 Å². The average Bonchev–Trinajstić information content (AvgIpc) is 2.77. The zero-order valence-corrected chi connectivity index (χ0v) is 11.6. The lowest BCUT2D eigenvalue weighted by molar-refractivity contribution is 0.0468. The number of aliphatic hydroxyl groups is 1. The number of benzene rings is 1. The largest absolute Gasteiger partial charge is 0.389 e. The second kappa shape index (κ2) is 5.41. The van der Waals surface area contributed by atoms with Gasteiger partial charge in [0.05, 0.1) is 5.60 Å². The monoisotopic (exact) mass is 247 g/mol. The highest BCUT2D eigenvalue weighted by Gasteiger charge is 2.31. The van der Waals surface area contributed by atoms with Crippen molar-refractivity contribution < 1.29 is 5.11 Å². The highest BCUT2D eigenvalue weighted by atomic mass is 16.3. The van der Waals surface area contributed by atoms with E-state index in [4.69, 9.17) is 0 Å². The molecule has 0 atom stereocenters. The summed E-state index contributed by atoms with van der Waals surface area (Å²) in [6, 6.07) is 10.6. The number of rotatable bonds is 5. The third-order valence-electron chi connectivity index (χ3n) is 4.11. The maximum Gasteiger partial charge on any atom is 0.0771 e. The van der Waals surface area contributed by atoms with Crippen LogP contribution < -0.4 is 5.32 Å². The van der Waals surface area contributed by atoms with Crippen molar-refractivity contribution in [1.29, 1.82) is 0 Å². The molecule has 0 radical (unpaired) electrons. The van der Waals surface area contributed by atoms with Crippen molar-refractivity contribution in [2.45, 2.75) is 50.5 Å². The van der Waals surface area contributed by atoms with E-state index in [0.29, 0.717) is 0 Å². The third-order valence-corrected chi connectivity index (χ3v) is 4.11. The first-order chi connectivity index (χ1) is 8.52. The highest BCUT2D eigenvalue weighted by Crippen LogP contribution is 2.29. The SMILES string of the molecule is CC(C)(CNCC1(O)CCCC1)c1ccccc1. The maximum atomic E-state index is 10.3. The van der Waals surface area contributed by atoms with Crippen molar-refractivity contribution in [1.82, 2.24) is 5.32 Å². The van der Waals surface area contributed by atoms with Crippen LogP contribution in [0.25, 0.3) is 0 Å². The third kappa shape index (κ3) is 3.33. The summed E-state index contributed by atoms with van der Waals surface area (Å²) in [6.07, 6.45) is 4.23. The van der Waals surface area contributed by atoms with Crippen molar-refractivity contribution in [3.8, 4) is 0 Å². The molecule has 1 aliphatic carbocycles. The van der Waals surface area contributed by atoms with E-state index in [1.165, 1.54) is 18.4 Å². The molecule has 2 heteroatoms. The molecule has 18 heavy (non-hydrogen) atoms. The predicted octanol–water partition coefficient (Wildman–Crippen LogP) is 2.86. The van der Waals surface area contributed by atoms with E-state index >= 15 is 0 Å². The van der Waals surface area contributed by atoms with Crippen LogP contribution in [0.5, 0.6) is 0 Å². The molecule has 0 bridgehead atoms. The van der Waals surface area contributed by atoms with Gasteiger partial charge in [-0.05, 0) is 18.4 Å². The number of hydrogen-bond donors (Lipinski definition) is 2. The number of hydrogen-bond acceptors (Lipinski definition) is 2. The van der Waals surface area contributed by atoms with Gasteiger partial charge in [-0.1, -0.05) is 57.0 Å². The van der Waals surface area contributed by atoms with E-state index in [1.807, 2.05) is 6.07 Å². The molecule has 0 aromatic heterocycles. The molecule has 0 spiro atoms. The second-order valence-electron chi connectivity index (χ2n) is 6.28. The fourth-order valence-electron chi connectivity index (χ4n) is 2.81. The van der Waals surface area contributed by atoms with E-state index in [1.54, 1.807) is 0 Å². The Bertz CT molecular complexity index is 366. The molecule has 1 fully saturated rings. The smallest absolute Gasteiger partial charge is 0.0771 e. The minimum absolute atomic E-state index is 0.107. The van der Waals surface area contributed by atoms with Crippen molar-refractivity contribution >= 4 is 0 Å². The zero-order valence-electron chi connectivity index (χ0n) is 11.6. The van der Waals surface area contributed by atoms with Gasteiger partial charge in [-0.3, -0.25) is 0 Å². The standard InChI is InChI=1S/C16H25NO/c1-15(2,14-8-4-3-5-9-14)12-17-13-16(18)10-6-7-11-16/h3-5,8-9,17-18H,6-7,10-13H2,1-2H3. The Balaban J connectivity index is 1.86. The lowest BCUT2D eigenvalue weighted by Crippen LogP contribution is -2.42. The van der Waals surface area contributed by atoms with Crippen molar-refractivity contribution in [2.24, 2.45) is 0 Å². The van der Waals surface area contributed by atoms with Crippen molar-refractivity contribution in [2.75, 3.05) is 13.1 Å². The Kier molecular flexibility index (Phi) is 4.08. The van der Waals surface area contributed by atoms with Crippen LogP contribution in [0.2, 0.25) is 0 Å². The van der Waals surface area contributed by atoms with Gasteiger partial charge < -0.3 is 10.4 Å². The van der Waals surface area contributed by atoms with E-state index in [-0.39, 0.29) is 5.41 Å². The zero-order chi connectivity index (χ0) is 13.1. The summed E-state index contributed by atoms with van der Waals surface area (Å²) in [7, 11) is 0. The molecule has 0 heterocycles. The molecule has 0 aliphatic heterocycles. The topological polar surface area (TPSA) is 32.3 Å². The van der Waals surface area contributed by atoms with Gasteiger partial charge in [0.25, 0.3) is 0 Å². The van der Waals surface area contributed by atoms with E-state index in [0.717, 1.165) is 25.9 Å². The van der Waals surface area contributed by atoms with Crippen LogP contribution >= 0.6 is 0 Å². The summed E-state index contributed by atoms with van der Waals surface area (Å²) >= 11 is 0. The lowest BCUT2D eigenvalue weighted by Gasteiger charge is -2.29. The van der Waals surface area contributed by atoms with Gasteiger partial charge in [-0.15, -0.1) is 0 Å². The highest BCUT2D eigenvalue weighted by molar-refractivity contribution is 5.23. The summed E-state index contributed by atoms with van der Waals surface area (Å²) in [6.45, 7) is 6.12. The summed E-state index contributed by atoms with van der Waals surface area (Å²) in [4.78, 5) is 0. The van der Waals surface area contributed by atoms with Crippen LogP contribution in [0.3, 0.4) is 0 Å². The van der Waals surface area contributed by atoms with Gasteiger partial charge in [0.2, 0.25) is 0 Å². The Hall–Kier alpha value is -0.860. The normalized spacial score (nSPS) is 19.1. The molecule has 100 valence electrons. The van der Waals surface area contributed by atoms with Gasteiger partial charge in [-0.2, -0.15) is 0 Å². The van der Waals surface area contributed by atoms with Gasteiger partial charge in [0, 0.05) is 18.5 Å². The summed E-state index contributed by atoms with van der Waals surface area (Å²) in [5.74, 6) is 0. The molecule has 0 unspecified atom stereocenters. The molecule has 1 saturated carbocycles. The van der Waals surface area contributed by atoms with Gasteiger partial charge >= 0.3 is 0 Å². The molecule has 1 aromatic rings. The first kappa shape index (κ1) is 13.6. The van der Waals surface area contributed by atoms with E-state index in [9.17, 15) is 5.11 Å². The fraction of sp³-hybridized carbons (Fsp3) is 0.625. The summed E-state index contributed by atoms with van der Waals surface area (Å²) in [5, 5.41) is 13.8. The molecule has 0 saturated heterocycles. The molecule has 2 N–H and O–H groups in total. The van der Waals surface area contributed by atoms with Gasteiger partial charge in [0.1, 0.15) is 0 Å². The second-order valence-corrected chi connectivity index (χ2v) is 6.28. The number of nitrogens with one attached hydrogen (secondary N) is 1. The predicted molar refractivity (Wildman–Crippen MR) is 75.8 cm³/mol. The minimum atomic E-state index is -0.452. The Morgan fingerprint density at radius 3 is 2.39 bits per heavy atom. The van der Waals surface area contributed by atoms with Crippen LogP contribution in [0.4, 0.5) is 0 Å². The molecule has 2 nitrogen and oxygen atoms in total. The molecular formula is C16H25NO. The Morgan fingerprint density at radius 2 is 1.78 bits per heavy atom. The first-order valence-corrected chi connectivity index (χ1v) is 7.01. The summed E-state index contributed by atoms with van der Waals surface area (Å²) < 4.78 is 0. The van der Waals surface area contributed by atoms with E-state index < -0.39 is 5.60 Å². The van der Waals surface area contributed by atoms with Crippen molar-refractivity contribution in [3.63, 3.8) is 0 Å².